The van der Waals surface area contributed by atoms with E-state index in [1.807, 2.05) is 0 Å². The summed E-state index contributed by atoms with van der Waals surface area (Å²) in [6, 6.07) is 19.4. The quantitative estimate of drug-likeness (QED) is 0.185. The Morgan fingerprint density at radius 1 is 0.909 bits per heavy atom. The van der Waals surface area contributed by atoms with Crippen molar-refractivity contribution in [3.63, 3.8) is 0 Å². The third kappa shape index (κ3) is 6.58. The van der Waals surface area contributed by atoms with E-state index < -0.39 is 21.7 Å². The minimum atomic E-state index is -4.06. The number of benzene rings is 3. The number of halogens is 1. The average molecular weight is 622 g/mol. The molecule has 5 aromatic rings. The summed E-state index contributed by atoms with van der Waals surface area (Å²) in [5.41, 5.74) is 1.47. The normalized spacial score (nSPS) is 11.4. The summed E-state index contributed by atoms with van der Waals surface area (Å²) in [6.07, 6.45) is 1.47. The molecule has 0 saturated carbocycles. The molecule has 0 saturated heterocycles. The van der Waals surface area contributed by atoms with E-state index >= 15 is 0 Å². The Kier molecular flexibility index (Phi) is 8.97. The SMILES string of the molecule is COc1cc(CN(Cc2ccco2)S(=O)(=O)c2ccc(NC(=O)c3cc(-c4ccc(F)cc4)on3)cc2)cc(OC)c1OC. The first-order chi connectivity index (χ1) is 21.2. The molecule has 0 atom stereocenters. The Bertz CT molecular complexity index is 1810. The number of methoxy groups -OCH3 is 3. The van der Waals surface area contributed by atoms with E-state index in [4.69, 9.17) is 23.2 Å². The maximum Gasteiger partial charge on any atom is 0.277 e. The molecule has 2 aromatic heterocycles. The van der Waals surface area contributed by atoms with Gasteiger partial charge < -0.3 is 28.5 Å². The number of nitrogens with one attached hydrogen (secondary N) is 1. The van der Waals surface area contributed by atoms with Crippen molar-refractivity contribution in [3.8, 4) is 28.6 Å². The van der Waals surface area contributed by atoms with Gasteiger partial charge in [0.2, 0.25) is 15.8 Å². The van der Waals surface area contributed by atoms with Crippen molar-refractivity contribution >= 4 is 21.6 Å². The van der Waals surface area contributed by atoms with Crippen LogP contribution in [0.1, 0.15) is 21.8 Å². The number of carbonyl (C=O) groups excluding carboxylic acids is 1. The lowest BCUT2D eigenvalue weighted by molar-refractivity contribution is 0.101. The number of rotatable bonds is 12. The number of amides is 1. The molecular formula is C31H28FN3O8S. The summed E-state index contributed by atoms with van der Waals surface area (Å²) in [5.74, 6) is 0.914. The molecule has 228 valence electrons. The molecule has 13 heteroatoms. The summed E-state index contributed by atoms with van der Waals surface area (Å²) >= 11 is 0. The van der Waals surface area contributed by atoms with Gasteiger partial charge in [0, 0.05) is 23.9 Å². The third-order valence-corrected chi connectivity index (χ3v) is 8.42. The number of ether oxygens (including phenoxy) is 3. The van der Waals surface area contributed by atoms with Gasteiger partial charge in [0.15, 0.2) is 23.0 Å². The fourth-order valence-corrected chi connectivity index (χ4v) is 5.81. The van der Waals surface area contributed by atoms with Crippen molar-refractivity contribution < 1.29 is 40.8 Å². The summed E-state index contributed by atoms with van der Waals surface area (Å²) in [7, 11) is 0.375. The van der Waals surface area contributed by atoms with Crippen LogP contribution in [0.3, 0.4) is 0 Å². The molecule has 0 aliphatic rings. The van der Waals surface area contributed by atoms with Crippen LogP contribution < -0.4 is 19.5 Å². The van der Waals surface area contributed by atoms with Crippen molar-refractivity contribution in [1.82, 2.24) is 9.46 Å². The largest absolute Gasteiger partial charge is 0.493 e. The van der Waals surface area contributed by atoms with E-state index in [9.17, 15) is 17.6 Å². The average Bonchev–Trinajstić information content (AvgIpc) is 3.74. The number of hydrogen-bond acceptors (Lipinski definition) is 9. The Hall–Kier alpha value is -5.14. The Balaban J connectivity index is 1.36. The van der Waals surface area contributed by atoms with Crippen LogP contribution in [-0.2, 0) is 23.1 Å². The lowest BCUT2D eigenvalue weighted by atomic mass is 10.1. The van der Waals surface area contributed by atoms with Gasteiger partial charge in [-0.25, -0.2) is 12.8 Å². The first-order valence-corrected chi connectivity index (χ1v) is 14.6. The fraction of sp³-hybridized carbons (Fsp3) is 0.161. The van der Waals surface area contributed by atoms with Gasteiger partial charge in [-0.2, -0.15) is 4.31 Å². The summed E-state index contributed by atoms with van der Waals surface area (Å²) in [6.45, 7) is -0.0895. The second kappa shape index (κ2) is 13.0. The van der Waals surface area contributed by atoms with E-state index in [0.717, 1.165) is 0 Å². The highest BCUT2D eigenvalue weighted by Crippen LogP contribution is 2.39. The number of carbonyl (C=O) groups is 1. The summed E-state index contributed by atoms with van der Waals surface area (Å²) in [4.78, 5) is 12.8. The minimum absolute atomic E-state index is 0.00371. The van der Waals surface area contributed by atoms with Crippen LogP contribution >= 0.6 is 0 Å². The molecule has 5 rings (SSSR count). The molecule has 44 heavy (non-hydrogen) atoms. The monoisotopic (exact) mass is 621 g/mol. The van der Waals surface area contributed by atoms with Gasteiger partial charge in [-0.3, -0.25) is 4.79 Å². The van der Waals surface area contributed by atoms with Crippen molar-refractivity contribution in [2.24, 2.45) is 0 Å². The number of nitrogens with zero attached hydrogens (tertiary/aromatic N) is 2. The molecule has 0 bridgehead atoms. The van der Waals surface area contributed by atoms with Gasteiger partial charge in [-0.05, 0) is 78.4 Å². The molecule has 0 unspecified atom stereocenters. The van der Waals surface area contributed by atoms with Crippen LogP contribution in [0.5, 0.6) is 17.2 Å². The van der Waals surface area contributed by atoms with Crippen LogP contribution in [0, 0.1) is 5.82 Å². The number of anilines is 1. The second-order valence-corrected chi connectivity index (χ2v) is 11.4. The van der Waals surface area contributed by atoms with Gasteiger partial charge in [0.1, 0.15) is 11.6 Å². The lowest BCUT2D eigenvalue weighted by Crippen LogP contribution is -2.30. The highest BCUT2D eigenvalue weighted by molar-refractivity contribution is 7.89. The maximum atomic E-state index is 13.9. The standard InChI is InChI=1S/C31H28FN3O8S/c1-39-28-15-20(16-29(40-2)30(28)41-3)18-35(19-24-5-4-14-42-24)44(37,38)25-12-10-23(11-13-25)33-31(36)26-17-27(43-34-26)21-6-8-22(32)9-7-21/h4-17H,18-19H2,1-3H3,(H,33,36). The topological polar surface area (TPSA) is 133 Å². The Labute approximate surface area is 252 Å². The van der Waals surface area contributed by atoms with Gasteiger partial charge >= 0.3 is 0 Å². The van der Waals surface area contributed by atoms with E-state index in [2.05, 4.69) is 10.5 Å². The highest BCUT2D eigenvalue weighted by atomic mass is 32.2. The van der Waals surface area contributed by atoms with E-state index in [1.165, 1.54) is 86.5 Å². The van der Waals surface area contributed by atoms with Crippen molar-refractivity contribution in [1.29, 1.82) is 0 Å². The fourth-order valence-electron chi connectivity index (χ4n) is 4.42. The number of sulfonamides is 1. The minimum Gasteiger partial charge on any atom is -0.493 e. The third-order valence-electron chi connectivity index (χ3n) is 6.62. The van der Waals surface area contributed by atoms with Gasteiger partial charge in [0.05, 0.1) is 39.0 Å². The number of hydrogen-bond donors (Lipinski definition) is 1. The maximum absolute atomic E-state index is 13.9. The first kappa shape index (κ1) is 30.3. The summed E-state index contributed by atoms with van der Waals surface area (Å²) < 4.78 is 69.1. The van der Waals surface area contributed by atoms with E-state index in [1.54, 1.807) is 24.3 Å². The van der Waals surface area contributed by atoms with Crippen LogP contribution in [0.25, 0.3) is 11.3 Å². The summed E-state index contributed by atoms with van der Waals surface area (Å²) in [5, 5.41) is 6.45. The molecule has 0 fully saturated rings. The van der Waals surface area contributed by atoms with Crippen molar-refractivity contribution in [2.45, 2.75) is 18.0 Å². The molecule has 1 amide bonds. The van der Waals surface area contributed by atoms with Crippen LogP contribution in [0.4, 0.5) is 10.1 Å². The molecule has 0 radical (unpaired) electrons. The molecule has 11 nitrogen and oxygen atoms in total. The van der Waals surface area contributed by atoms with Gasteiger partial charge in [-0.15, -0.1) is 0 Å². The molecule has 0 aliphatic heterocycles. The molecule has 0 spiro atoms. The Morgan fingerprint density at radius 3 is 2.18 bits per heavy atom. The van der Waals surface area contributed by atoms with Gasteiger partial charge in [0.25, 0.3) is 5.91 Å². The highest BCUT2D eigenvalue weighted by Gasteiger charge is 2.27. The second-order valence-electron chi connectivity index (χ2n) is 9.45. The Morgan fingerprint density at radius 2 is 1.59 bits per heavy atom. The zero-order chi connectivity index (χ0) is 31.3. The molecule has 1 N–H and O–H groups in total. The predicted molar refractivity (Wildman–Crippen MR) is 158 cm³/mol. The lowest BCUT2D eigenvalue weighted by Gasteiger charge is -2.23. The molecule has 2 heterocycles. The van der Waals surface area contributed by atoms with Crippen molar-refractivity contribution in [2.75, 3.05) is 26.6 Å². The predicted octanol–water partition coefficient (Wildman–Crippen LogP) is 5.74. The molecule has 3 aromatic carbocycles. The van der Waals surface area contributed by atoms with E-state index in [0.29, 0.717) is 45.6 Å². The van der Waals surface area contributed by atoms with E-state index in [-0.39, 0.29) is 23.7 Å². The van der Waals surface area contributed by atoms with Gasteiger partial charge in [-0.1, -0.05) is 5.16 Å². The molecule has 0 aliphatic carbocycles. The zero-order valence-electron chi connectivity index (χ0n) is 23.9. The van der Waals surface area contributed by atoms with Crippen LogP contribution in [0.15, 0.2) is 99.0 Å². The van der Waals surface area contributed by atoms with Crippen molar-refractivity contribution in [3.05, 3.63) is 108 Å². The number of furan rings is 1. The smallest absolute Gasteiger partial charge is 0.277 e. The number of aromatic nitrogens is 1. The zero-order valence-corrected chi connectivity index (χ0v) is 24.8. The van der Waals surface area contributed by atoms with Crippen LogP contribution in [0.2, 0.25) is 0 Å². The molecular weight excluding hydrogens is 593 g/mol. The van der Waals surface area contributed by atoms with Crippen LogP contribution in [-0.4, -0.2) is 45.1 Å². The first-order valence-electron chi connectivity index (χ1n) is 13.2.